The fourth-order valence-corrected chi connectivity index (χ4v) is 3.35. The highest BCUT2D eigenvalue weighted by atomic mass is 79.9. The van der Waals surface area contributed by atoms with Crippen molar-refractivity contribution in [2.45, 2.75) is 40.4 Å². The molecule has 7 heteroatoms. The van der Waals surface area contributed by atoms with Crippen LogP contribution in [0.2, 0.25) is 0 Å². The maximum absolute atomic E-state index is 11.3. The molecule has 0 spiro atoms. The van der Waals surface area contributed by atoms with E-state index in [0.717, 1.165) is 30.5 Å². The quantitative estimate of drug-likeness (QED) is 0.272. The average Bonchev–Trinajstić information content (AvgIpc) is 2.79. The normalized spacial score (nSPS) is 10.1. The van der Waals surface area contributed by atoms with Gasteiger partial charge in [0.05, 0.1) is 22.0 Å². The van der Waals surface area contributed by atoms with Crippen LogP contribution >= 0.6 is 15.9 Å². The van der Waals surface area contributed by atoms with Crippen LogP contribution in [0.1, 0.15) is 51.8 Å². The summed E-state index contributed by atoms with van der Waals surface area (Å²) < 4.78 is 5.94. The Balaban J connectivity index is 0.000000258. The minimum Gasteiger partial charge on any atom is -0.294 e. The Morgan fingerprint density at radius 1 is 0.625 bits per heavy atom. The van der Waals surface area contributed by atoms with E-state index >= 15 is 0 Å². The molecule has 6 nitrogen and oxygen atoms in total. The summed E-state index contributed by atoms with van der Waals surface area (Å²) in [7, 11) is 0. The van der Waals surface area contributed by atoms with E-state index in [1.54, 1.807) is 20.8 Å². The van der Waals surface area contributed by atoms with Crippen molar-refractivity contribution in [3.05, 3.63) is 90.3 Å². The second-order valence-corrected chi connectivity index (χ2v) is 8.14. The van der Waals surface area contributed by atoms with E-state index in [2.05, 4.69) is 15.9 Å². The lowest BCUT2D eigenvalue weighted by Crippen LogP contribution is -2.44. The predicted octanol–water partition coefficient (Wildman–Crippen LogP) is 2.94. The van der Waals surface area contributed by atoms with Gasteiger partial charge in [0, 0.05) is 18.2 Å². The number of nitrogens with zero attached hydrogens (tertiary/aromatic N) is 3. The molecule has 0 saturated carbocycles. The molecule has 3 heterocycles. The number of alkyl halides is 1. The number of halogens is 1. The van der Waals surface area contributed by atoms with Gasteiger partial charge in [0.1, 0.15) is 0 Å². The Hall–Kier alpha value is -3.06. The van der Waals surface area contributed by atoms with Crippen LogP contribution in [0.3, 0.4) is 0 Å². The monoisotopic (exact) mass is 498 g/mol. The van der Waals surface area contributed by atoms with Crippen LogP contribution in [0.4, 0.5) is 0 Å². The van der Waals surface area contributed by atoms with E-state index in [-0.39, 0.29) is 17.3 Å². The molecule has 0 aromatic carbocycles. The first-order chi connectivity index (χ1) is 15.3. The topological polar surface area (TPSA) is 62.9 Å². The van der Waals surface area contributed by atoms with Crippen molar-refractivity contribution >= 4 is 33.3 Å². The summed E-state index contributed by atoms with van der Waals surface area (Å²) in [6.45, 7) is 7.07. The molecule has 0 radical (unpaired) electrons. The van der Waals surface area contributed by atoms with Gasteiger partial charge in [0.2, 0.25) is 13.1 Å². The molecule has 0 unspecified atom stereocenters. The second kappa shape index (κ2) is 12.7. The van der Waals surface area contributed by atoms with E-state index in [0.29, 0.717) is 11.1 Å². The molecule has 0 aliphatic rings. The minimum atomic E-state index is 0.0607. The van der Waals surface area contributed by atoms with Gasteiger partial charge in [-0.3, -0.25) is 14.4 Å². The highest BCUT2D eigenvalue weighted by molar-refractivity contribution is 9.09. The van der Waals surface area contributed by atoms with E-state index in [1.165, 1.54) is 0 Å². The molecule has 0 N–H and O–H groups in total. The van der Waals surface area contributed by atoms with Crippen molar-refractivity contribution in [3.8, 4) is 0 Å². The zero-order valence-electron chi connectivity index (χ0n) is 18.7. The molecule has 0 amide bonds. The summed E-state index contributed by atoms with van der Waals surface area (Å²) in [4.78, 5) is 33.6. The molecule has 3 aromatic heterocycles. The summed E-state index contributed by atoms with van der Waals surface area (Å²) in [5, 5.41) is 0.902. The number of aryl methyl sites for hydroxylation is 3. The van der Waals surface area contributed by atoms with Crippen LogP contribution < -0.4 is 13.7 Å². The average molecular weight is 499 g/mol. The number of Topliss-reactive ketones (excluding diaryl/α,β-unsaturated/α-hetero) is 3. The van der Waals surface area contributed by atoms with Crippen molar-refractivity contribution in [2.24, 2.45) is 0 Å². The van der Waals surface area contributed by atoms with Gasteiger partial charge < -0.3 is 0 Å². The first-order valence-corrected chi connectivity index (χ1v) is 11.5. The smallest absolute Gasteiger partial charge is 0.206 e. The lowest BCUT2D eigenvalue weighted by atomic mass is 10.2. The molecule has 3 rings (SSSR count). The Morgan fingerprint density at radius 2 is 0.938 bits per heavy atom. The third kappa shape index (κ3) is 8.23. The van der Waals surface area contributed by atoms with Crippen LogP contribution in [-0.2, 0) is 19.6 Å². The molecule has 166 valence electrons. The molecule has 0 bridgehead atoms. The van der Waals surface area contributed by atoms with Crippen molar-refractivity contribution in [3.63, 3.8) is 0 Å². The maximum atomic E-state index is 11.3. The van der Waals surface area contributed by atoms with Crippen LogP contribution in [-0.4, -0.2) is 22.7 Å². The van der Waals surface area contributed by atoms with Gasteiger partial charge in [-0.1, -0.05) is 15.9 Å². The van der Waals surface area contributed by atoms with E-state index in [1.807, 2.05) is 87.3 Å². The first kappa shape index (κ1) is 25.2. The lowest BCUT2D eigenvalue weighted by Gasteiger charge is -1.98. The summed E-state index contributed by atoms with van der Waals surface area (Å²) in [5.74, 6) is 0.232. The molecular formula is C25H29BrN3O3+3. The number of pyridine rings is 3. The number of hydrogen-bond donors (Lipinski definition) is 0. The number of hydrogen-bond acceptors (Lipinski definition) is 3. The SMILES string of the molecule is CC(=O)c1ccc[n+](CCBr)c1.CC(=O)c1ccc[n+](CC[n+]2cccc(C(C)=O)c2)c1. The second-order valence-electron chi connectivity index (χ2n) is 7.35. The van der Waals surface area contributed by atoms with Gasteiger partial charge in [-0.05, 0) is 39.0 Å². The highest BCUT2D eigenvalue weighted by Gasteiger charge is 2.11. The van der Waals surface area contributed by atoms with Crippen molar-refractivity contribution in [1.82, 2.24) is 0 Å². The largest absolute Gasteiger partial charge is 0.294 e. The van der Waals surface area contributed by atoms with Crippen molar-refractivity contribution in [1.29, 1.82) is 0 Å². The predicted molar refractivity (Wildman–Crippen MR) is 124 cm³/mol. The molecule has 0 fully saturated rings. The third-order valence-electron chi connectivity index (χ3n) is 4.75. The zero-order chi connectivity index (χ0) is 23.5. The summed E-state index contributed by atoms with van der Waals surface area (Å²) in [6, 6.07) is 11.1. The van der Waals surface area contributed by atoms with Crippen molar-refractivity contribution in [2.75, 3.05) is 5.33 Å². The fraction of sp³-hybridized carbons (Fsp3) is 0.280. The van der Waals surface area contributed by atoms with Crippen LogP contribution in [0.15, 0.2) is 73.6 Å². The maximum Gasteiger partial charge on any atom is 0.206 e. The van der Waals surface area contributed by atoms with Gasteiger partial charge in [0.25, 0.3) is 0 Å². The van der Waals surface area contributed by atoms with Crippen LogP contribution in [0.25, 0.3) is 0 Å². The molecule has 0 aliphatic heterocycles. The molecule has 0 saturated heterocycles. The third-order valence-corrected chi connectivity index (χ3v) is 5.11. The summed E-state index contributed by atoms with van der Waals surface area (Å²) in [6.07, 6.45) is 11.4. The van der Waals surface area contributed by atoms with E-state index in [9.17, 15) is 14.4 Å². The van der Waals surface area contributed by atoms with Gasteiger partial charge in [-0.25, -0.2) is 4.57 Å². The minimum absolute atomic E-state index is 0.0607. The van der Waals surface area contributed by atoms with Crippen LogP contribution in [0.5, 0.6) is 0 Å². The fourth-order valence-electron chi connectivity index (χ4n) is 2.94. The number of aromatic nitrogens is 3. The zero-order valence-corrected chi connectivity index (χ0v) is 20.3. The van der Waals surface area contributed by atoms with Crippen LogP contribution in [0, 0.1) is 0 Å². The number of ketones is 3. The van der Waals surface area contributed by atoms with Gasteiger partial charge in [0.15, 0.2) is 61.1 Å². The van der Waals surface area contributed by atoms with Crippen molar-refractivity contribution < 1.29 is 28.1 Å². The first-order valence-electron chi connectivity index (χ1n) is 10.4. The lowest BCUT2D eigenvalue weighted by molar-refractivity contribution is -0.778. The van der Waals surface area contributed by atoms with Gasteiger partial charge in [-0.2, -0.15) is 9.13 Å². The number of carbonyl (C=O) groups excluding carboxylic acids is 3. The summed E-state index contributed by atoms with van der Waals surface area (Å²) in [5.41, 5.74) is 2.17. The molecule has 0 atom stereocenters. The Labute approximate surface area is 197 Å². The number of carbonyl (C=O) groups is 3. The number of rotatable bonds is 8. The standard InChI is InChI=1S/C16H18N2O2.C9H11BrNO/c1-13(19)15-5-3-7-17(11-15)9-10-18-8-4-6-16(12-18)14(2)20;1-8(12)9-3-2-5-11(7-9)6-4-10/h3-8,11-12H,9-10H2,1-2H3;2-3,5,7H,4,6H2,1H3/q+2;+1. The Kier molecular flexibility index (Phi) is 10.0. The molecule has 32 heavy (non-hydrogen) atoms. The molecule has 3 aromatic rings. The highest BCUT2D eigenvalue weighted by Crippen LogP contribution is 1.97. The Bertz CT molecular complexity index is 1040. The molecule has 0 aliphatic carbocycles. The van der Waals surface area contributed by atoms with E-state index in [4.69, 9.17) is 0 Å². The van der Waals surface area contributed by atoms with Gasteiger partial charge >= 0.3 is 0 Å². The Morgan fingerprint density at radius 3 is 1.22 bits per heavy atom. The molecular weight excluding hydrogens is 470 g/mol. The van der Waals surface area contributed by atoms with Gasteiger partial charge in [-0.15, -0.1) is 0 Å². The summed E-state index contributed by atoms with van der Waals surface area (Å²) >= 11 is 3.34. The van der Waals surface area contributed by atoms with E-state index < -0.39 is 0 Å².